The first-order valence-electron chi connectivity index (χ1n) is 6.71. The lowest BCUT2D eigenvalue weighted by molar-refractivity contribution is -0.138. The molecule has 0 bridgehead atoms. The number of carbonyl (C=O) groups excluding carboxylic acids is 2. The normalized spacial score (nSPS) is 20.2. The van der Waals surface area contributed by atoms with Crippen LogP contribution < -0.4 is 5.32 Å². The number of likely N-dealkylation sites (tertiary alicyclic amines) is 1. The molecule has 1 aliphatic rings. The van der Waals surface area contributed by atoms with Gasteiger partial charge in [-0.3, -0.25) is 14.5 Å². The molecule has 0 saturated carbocycles. The Labute approximate surface area is 109 Å². The molecule has 1 unspecified atom stereocenters. The Bertz CT molecular complexity index is 292. The molecule has 1 rings (SSSR count). The van der Waals surface area contributed by atoms with E-state index in [1.807, 2.05) is 6.92 Å². The fourth-order valence-electron chi connectivity index (χ4n) is 1.93. The molecule has 1 atom stereocenters. The third-order valence-electron chi connectivity index (χ3n) is 2.78. The minimum atomic E-state index is -0.355. The van der Waals surface area contributed by atoms with Crippen molar-refractivity contribution in [1.29, 1.82) is 0 Å². The van der Waals surface area contributed by atoms with E-state index in [-0.39, 0.29) is 24.3 Å². The van der Waals surface area contributed by atoms with Gasteiger partial charge in [0.1, 0.15) is 0 Å². The number of imide groups is 1. The van der Waals surface area contributed by atoms with Crippen molar-refractivity contribution in [2.75, 3.05) is 26.3 Å². The maximum absolute atomic E-state index is 11.9. The van der Waals surface area contributed by atoms with Gasteiger partial charge < -0.3 is 10.1 Å². The largest absolute Gasteiger partial charge is 0.380 e. The lowest BCUT2D eigenvalue weighted by Gasteiger charge is -2.14. The van der Waals surface area contributed by atoms with Crippen LogP contribution in [0, 0.1) is 5.92 Å². The quantitative estimate of drug-likeness (QED) is 0.515. The smallest absolute Gasteiger partial charge is 0.246 e. The Kier molecular flexibility index (Phi) is 6.29. The number of carbonyl (C=O) groups is 2. The van der Waals surface area contributed by atoms with Gasteiger partial charge in [-0.15, -0.1) is 0 Å². The van der Waals surface area contributed by atoms with Gasteiger partial charge in [-0.05, 0) is 12.3 Å². The monoisotopic (exact) mass is 256 g/mol. The Balaban J connectivity index is 2.23. The van der Waals surface area contributed by atoms with E-state index in [0.29, 0.717) is 25.6 Å². The van der Waals surface area contributed by atoms with Crippen LogP contribution in [0.2, 0.25) is 0 Å². The molecular formula is C13H24N2O3. The number of hydrogen-bond donors (Lipinski definition) is 1. The summed E-state index contributed by atoms with van der Waals surface area (Å²) in [6.07, 6.45) is 1.09. The fraction of sp³-hybridized carbons (Fsp3) is 0.846. The third kappa shape index (κ3) is 4.38. The second-order valence-corrected chi connectivity index (χ2v) is 5.06. The van der Waals surface area contributed by atoms with Crippen LogP contribution in [-0.4, -0.2) is 49.1 Å². The molecule has 0 aromatic carbocycles. The average molecular weight is 256 g/mol. The molecule has 0 aliphatic carbocycles. The summed E-state index contributed by atoms with van der Waals surface area (Å²) in [6, 6.07) is -0.355. The Morgan fingerprint density at radius 3 is 2.78 bits per heavy atom. The molecule has 1 aliphatic heterocycles. The molecule has 0 aromatic heterocycles. The highest BCUT2D eigenvalue weighted by atomic mass is 16.5. The topological polar surface area (TPSA) is 58.6 Å². The second-order valence-electron chi connectivity index (χ2n) is 5.06. The Hall–Kier alpha value is -0.940. The van der Waals surface area contributed by atoms with Gasteiger partial charge in [-0.2, -0.15) is 0 Å². The summed E-state index contributed by atoms with van der Waals surface area (Å²) in [5.74, 6) is 0.355. The molecule has 0 radical (unpaired) electrons. The summed E-state index contributed by atoms with van der Waals surface area (Å²) in [6.45, 7) is 8.58. The van der Waals surface area contributed by atoms with Crippen molar-refractivity contribution in [3.63, 3.8) is 0 Å². The highest BCUT2D eigenvalue weighted by Crippen LogP contribution is 2.13. The molecule has 1 N–H and O–H groups in total. The van der Waals surface area contributed by atoms with Gasteiger partial charge in [0.25, 0.3) is 0 Å². The summed E-state index contributed by atoms with van der Waals surface area (Å²) in [7, 11) is 0. The van der Waals surface area contributed by atoms with Crippen molar-refractivity contribution >= 4 is 11.8 Å². The molecule has 18 heavy (non-hydrogen) atoms. The zero-order valence-corrected chi connectivity index (χ0v) is 11.6. The minimum absolute atomic E-state index is 0.0672. The molecule has 1 fully saturated rings. The Morgan fingerprint density at radius 2 is 2.17 bits per heavy atom. The van der Waals surface area contributed by atoms with Crippen LogP contribution in [0.15, 0.2) is 0 Å². The van der Waals surface area contributed by atoms with Gasteiger partial charge in [0.2, 0.25) is 11.8 Å². The first-order chi connectivity index (χ1) is 8.56. The van der Waals surface area contributed by atoms with Crippen LogP contribution in [0.1, 0.15) is 33.6 Å². The van der Waals surface area contributed by atoms with Crippen LogP contribution in [0.25, 0.3) is 0 Å². The molecule has 1 heterocycles. The number of nitrogens with one attached hydrogen (secondary N) is 1. The lowest BCUT2D eigenvalue weighted by Crippen LogP contribution is -2.40. The van der Waals surface area contributed by atoms with Crippen LogP contribution in [0.5, 0.6) is 0 Å². The molecule has 5 nitrogen and oxygen atoms in total. The van der Waals surface area contributed by atoms with Crippen LogP contribution in [0.4, 0.5) is 0 Å². The highest BCUT2D eigenvalue weighted by molar-refractivity contribution is 6.05. The van der Waals surface area contributed by atoms with Crippen molar-refractivity contribution in [1.82, 2.24) is 10.2 Å². The van der Waals surface area contributed by atoms with E-state index in [1.165, 1.54) is 4.90 Å². The number of ether oxygens (including phenoxy) is 1. The standard InChI is InChI=1S/C13H24N2O3/c1-4-6-15-12(16)8-11(13(15)17)14-5-7-18-9-10(2)3/h10-11,14H,4-9H2,1-3H3. The first-order valence-corrected chi connectivity index (χ1v) is 6.71. The summed E-state index contributed by atoms with van der Waals surface area (Å²) in [5.41, 5.74) is 0. The summed E-state index contributed by atoms with van der Waals surface area (Å²) < 4.78 is 5.42. The summed E-state index contributed by atoms with van der Waals surface area (Å²) in [4.78, 5) is 24.8. The second kappa shape index (κ2) is 7.48. The van der Waals surface area contributed by atoms with E-state index >= 15 is 0 Å². The molecule has 5 heteroatoms. The van der Waals surface area contributed by atoms with E-state index in [2.05, 4.69) is 19.2 Å². The number of nitrogens with zero attached hydrogens (tertiary/aromatic N) is 1. The molecule has 0 spiro atoms. The van der Waals surface area contributed by atoms with Crippen molar-refractivity contribution < 1.29 is 14.3 Å². The van der Waals surface area contributed by atoms with Gasteiger partial charge in [0.15, 0.2) is 0 Å². The fourth-order valence-corrected chi connectivity index (χ4v) is 1.93. The zero-order chi connectivity index (χ0) is 13.5. The first kappa shape index (κ1) is 15.1. The van der Waals surface area contributed by atoms with Crippen molar-refractivity contribution in [3.8, 4) is 0 Å². The molecule has 0 aromatic rings. The molecule has 2 amide bonds. The predicted octanol–water partition coefficient (Wildman–Crippen LogP) is 0.786. The minimum Gasteiger partial charge on any atom is -0.380 e. The Morgan fingerprint density at radius 1 is 1.44 bits per heavy atom. The molecule has 1 saturated heterocycles. The van der Waals surface area contributed by atoms with Gasteiger partial charge in [0, 0.05) is 19.7 Å². The van der Waals surface area contributed by atoms with Gasteiger partial charge in [0.05, 0.1) is 19.1 Å². The third-order valence-corrected chi connectivity index (χ3v) is 2.78. The summed E-state index contributed by atoms with van der Waals surface area (Å²) in [5, 5.41) is 3.09. The van der Waals surface area contributed by atoms with E-state index in [9.17, 15) is 9.59 Å². The lowest BCUT2D eigenvalue weighted by atomic mass is 10.2. The van der Waals surface area contributed by atoms with Crippen molar-refractivity contribution in [2.45, 2.75) is 39.7 Å². The summed E-state index contributed by atoms with van der Waals surface area (Å²) >= 11 is 0. The van der Waals surface area contributed by atoms with Crippen molar-refractivity contribution in [2.24, 2.45) is 5.92 Å². The van der Waals surface area contributed by atoms with Crippen LogP contribution >= 0.6 is 0 Å². The van der Waals surface area contributed by atoms with Gasteiger partial charge >= 0.3 is 0 Å². The maximum atomic E-state index is 11.9. The van der Waals surface area contributed by atoms with Gasteiger partial charge in [-0.1, -0.05) is 20.8 Å². The molecular weight excluding hydrogens is 232 g/mol. The van der Waals surface area contributed by atoms with E-state index < -0.39 is 0 Å². The van der Waals surface area contributed by atoms with E-state index in [4.69, 9.17) is 4.74 Å². The number of hydrogen-bond acceptors (Lipinski definition) is 4. The SMILES string of the molecule is CCCN1C(=O)CC(NCCOCC(C)C)C1=O. The highest BCUT2D eigenvalue weighted by Gasteiger charge is 2.37. The van der Waals surface area contributed by atoms with Crippen molar-refractivity contribution in [3.05, 3.63) is 0 Å². The van der Waals surface area contributed by atoms with E-state index in [0.717, 1.165) is 13.0 Å². The molecule has 104 valence electrons. The average Bonchev–Trinajstić information content (AvgIpc) is 2.56. The number of rotatable bonds is 8. The maximum Gasteiger partial charge on any atom is 0.246 e. The van der Waals surface area contributed by atoms with Crippen LogP contribution in [0.3, 0.4) is 0 Å². The predicted molar refractivity (Wildman–Crippen MR) is 69.1 cm³/mol. The van der Waals surface area contributed by atoms with E-state index in [1.54, 1.807) is 0 Å². The van der Waals surface area contributed by atoms with Gasteiger partial charge in [-0.25, -0.2) is 0 Å². The van der Waals surface area contributed by atoms with Crippen LogP contribution in [-0.2, 0) is 14.3 Å². The number of amides is 2. The zero-order valence-electron chi connectivity index (χ0n) is 11.6.